The molecule has 4 rings (SSSR count). The predicted molar refractivity (Wildman–Crippen MR) is 84.1 cm³/mol. The third kappa shape index (κ3) is 1.52. The molecule has 0 heterocycles. The molecule has 4 aromatic carbocycles. The van der Waals surface area contributed by atoms with Gasteiger partial charge in [-0.2, -0.15) is 0 Å². The van der Waals surface area contributed by atoms with Crippen molar-refractivity contribution in [3.05, 3.63) is 59.7 Å². The van der Waals surface area contributed by atoms with Crippen LogP contribution >= 0.6 is 0 Å². The summed E-state index contributed by atoms with van der Waals surface area (Å²) in [7, 11) is 0. The molecule has 0 unspecified atom stereocenters. The lowest BCUT2D eigenvalue weighted by atomic mass is 9.89. The maximum atomic E-state index is 11.6. The van der Waals surface area contributed by atoms with Crippen molar-refractivity contribution in [2.75, 3.05) is 0 Å². The van der Waals surface area contributed by atoms with E-state index in [1.165, 1.54) is 6.07 Å². The van der Waals surface area contributed by atoms with E-state index < -0.39 is 11.9 Å². The average molecular weight is 290 g/mol. The van der Waals surface area contributed by atoms with Gasteiger partial charge < -0.3 is 10.2 Å². The number of rotatable bonds is 2. The molecule has 106 valence electrons. The van der Waals surface area contributed by atoms with Crippen molar-refractivity contribution >= 4 is 44.3 Å². The van der Waals surface area contributed by atoms with E-state index in [0.717, 1.165) is 26.9 Å². The maximum absolute atomic E-state index is 11.6. The molecule has 0 atom stereocenters. The van der Waals surface area contributed by atoms with Crippen LogP contribution in [0.3, 0.4) is 0 Å². The van der Waals surface area contributed by atoms with Crippen LogP contribution in [0.15, 0.2) is 48.5 Å². The van der Waals surface area contributed by atoms with Gasteiger partial charge in [-0.05, 0) is 38.4 Å². The van der Waals surface area contributed by atoms with Gasteiger partial charge in [0.2, 0.25) is 0 Å². The van der Waals surface area contributed by atoms with Gasteiger partial charge in [0.1, 0.15) is 0 Å². The Bertz CT molecular complexity index is 1060. The molecule has 4 nitrogen and oxygen atoms in total. The van der Waals surface area contributed by atoms with Crippen LogP contribution in [0.2, 0.25) is 0 Å². The lowest BCUT2D eigenvalue weighted by Crippen LogP contribution is -2.09. The highest BCUT2D eigenvalue weighted by atomic mass is 16.4. The number of benzene rings is 4. The van der Waals surface area contributed by atoms with Crippen LogP contribution in [-0.4, -0.2) is 22.2 Å². The summed E-state index contributed by atoms with van der Waals surface area (Å²) in [5, 5.41) is 23.8. The molecule has 4 aromatic rings. The fraction of sp³-hybridized carbons (Fsp3) is 0. The molecule has 0 aliphatic heterocycles. The number of hydrogen-bond acceptors (Lipinski definition) is 2. The monoisotopic (exact) mass is 290 g/mol. The standard InChI is InChI=1S/C18H10O4/c19-17(20)13-8-11-5-4-9-2-1-3-10-6-7-12(15(11)14(9)10)16(13)18(21)22/h1-8H,(H,19,20)(H,21,22). The highest BCUT2D eigenvalue weighted by Crippen LogP contribution is 2.37. The minimum absolute atomic E-state index is 0.154. The highest BCUT2D eigenvalue weighted by Gasteiger charge is 2.22. The maximum Gasteiger partial charge on any atom is 0.337 e. The Balaban J connectivity index is 2.36. The minimum Gasteiger partial charge on any atom is -0.478 e. The molecule has 0 fully saturated rings. The summed E-state index contributed by atoms with van der Waals surface area (Å²) >= 11 is 0. The quantitative estimate of drug-likeness (QED) is 0.547. The van der Waals surface area contributed by atoms with E-state index in [4.69, 9.17) is 0 Å². The fourth-order valence-corrected chi connectivity index (χ4v) is 3.21. The van der Waals surface area contributed by atoms with E-state index in [0.29, 0.717) is 5.39 Å². The van der Waals surface area contributed by atoms with Crippen molar-refractivity contribution in [2.45, 2.75) is 0 Å². The Hall–Kier alpha value is -3.14. The first-order valence-corrected chi connectivity index (χ1v) is 6.75. The first-order valence-electron chi connectivity index (χ1n) is 6.75. The van der Waals surface area contributed by atoms with Crippen molar-refractivity contribution in [3.8, 4) is 0 Å². The second kappa shape index (κ2) is 4.18. The predicted octanol–water partition coefficient (Wildman–Crippen LogP) is 3.98. The van der Waals surface area contributed by atoms with E-state index in [2.05, 4.69) is 0 Å². The zero-order valence-corrected chi connectivity index (χ0v) is 11.3. The average Bonchev–Trinajstić information content (AvgIpc) is 2.51. The van der Waals surface area contributed by atoms with Gasteiger partial charge >= 0.3 is 11.9 Å². The topological polar surface area (TPSA) is 74.6 Å². The normalized spacial score (nSPS) is 11.5. The van der Waals surface area contributed by atoms with Gasteiger partial charge in [-0.3, -0.25) is 0 Å². The van der Waals surface area contributed by atoms with E-state index in [1.807, 2.05) is 36.4 Å². The molecule has 0 saturated heterocycles. The first-order chi connectivity index (χ1) is 10.6. The van der Waals surface area contributed by atoms with Crippen molar-refractivity contribution in [1.29, 1.82) is 0 Å². The Morgan fingerprint density at radius 3 is 2.00 bits per heavy atom. The van der Waals surface area contributed by atoms with Gasteiger partial charge in [-0.25, -0.2) is 9.59 Å². The van der Waals surface area contributed by atoms with Gasteiger partial charge in [-0.1, -0.05) is 42.5 Å². The molecule has 4 heteroatoms. The zero-order chi connectivity index (χ0) is 15.4. The van der Waals surface area contributed by atoms with E-state index in [1.54, 1.807) is 6.07 Å². The van der Waals surface area contributed by atoms with Crippen molar-refractivity contribution in [3.63, 3.8) is 0 Å². The Labute approximate surface area is 124 Å². The third-order valence-electron chi connectivity index (χ3n) is 4.09. The molecule has 0 aromatic heterocycles. The molecule has 0 saturated carbocycles. The van der Waals surface area contributed by atoms with Gasteiger partial charge in [0.05, 0.1) is 11.1 Å². The van der Waals surface area contributed by atoms with Gasteiger partial charge in [0, 0.05) is 0 Å². The number of carboxylic acids is 2. The molecule has 0 aliphatic rings. The van der Waals surface area contributed by atoms with Crippen LogP contribution in [0.4, 0.5) is 0 Å². The molecule has 0 amide bonds. The van der Waals surface area contributed by atoms with Crippen LogP contribution in [0.1, 0.15) is 20.7 Å². The van der Waals surface area contributed by atoms with Crippen LogP contribution in [-0.2, 0) is 0 Å². The SMILES string of the molecule is O=C(O)c1cc2ccc3cccc4ccc(c1C(=O)O)c2c34. The zero-order valence-electron chi connectivity index (χ0n) is 11.3. The molecule has 0 spiro atoms. The fourth-order valence-electron chi connectivity index (χ4n) is 3.21. The molecular formula is C18H10O4. The number of carboxylic acid groups (broad SMARTS) is 2. The molecule has 0 radical (unpaired) electrons. The van der Waals surface area contributed by atoms with E-state index in [9.17, 15) is 19.8 Å². The summed E-state index contributed by atoms with van der Waals surface area (Å²) in [4.78, 5) is 23.0. The van der Waals surface area contributed by atoms with Crippen molar-refractivity contribution < 1.29 is 19.8 Å². The molecule has 0 bridgehead atoms. The van der Waals surface area contributed by atoms with Crippen LogP contribution in [0, 0.1) is 0 Å². The summed E-state index contributed by atoms with van der Waals surface area (Å²) in [6.45, 7) is 0. The second-order valence-electron chi connectivity index (χ2n) is 5.27. The van der Waals surface area contributed by atoms with E-state index >= 15 is 0 Å². The Morgan fingerprint density at radius 2 is 1.36 bits per heavy atom. The summed E-state index contributed by atoms with van der Waals surface area (Å²) in [6, 6.07) is 14.6. The summed E-state index contributed by atoms with van der Waals surface area (Å²) in [5.74, 6) is -2.46. The number of hydrogen-bond donors (Lipinski definition) is 2. The Morgan fingerprint density at radius 1 is 0.727 bits per heavy atom. The first kappa shape index (κ1) is 12.6. The Kier molecular flexibility index (Phi) is 2.39. The summed E-state index contributed by atoms with van der Waals surface area (Å²) < 4.78 is 0. The molecular weight excluding hydrogens is 280 g/mol. The third-order valence-corrected chi connectivity index (χ3v) is 4.09. The molecule has 0 aliphatic carbocycles. The smallest absolute Gasteiger partial charge is 0.337 e. The number of aromatic carboxylic acids is 2. The summed E-state index contributed by atoms with van der Waals surface area (Å²) in [6.07, 6.45) is 0. The molecule has 22 heavy (non-hydrogen) atoms. The number of carbonyl (C=O) groups is 2. The largest absolute Gasteiger partial charge is 0.478 e. The van der Waals surface area contributed by atoms with Crippen LogP contribution < -0.4 is 0 Å². The van der Waals surface area contributed by atoms with Crippen LogP contribution in [0.5, 0.6) is 0 Å². The van der Waals surface area contributed by atoms with Gasteiger partial charge in [0.25, 0.3) is 0 Å². The van der Waals surface area contributed by atoms with Crippen molar-refractivity contribution in [1.82, 2.24) is 0 Å². The highest BCUT2D eigenvalue weighted by molar-refractivity contribution is 6.27. The van der Waals surface area contributed by atoms with Crippen molar-refractivity contribution in [2.24, 2.45) is 0 Å². The minimum atomic E-state index is -1.23. The second-order valence-corrected chi connectivity index (χ2v) is 5.27. The van der Waals surface area contributed by atoms with Gasteiger partial charge in [0.15, 0.2) is 0 Å². The molecule has 2 N–H and O–H groups in total. The summed E-state index contributed by atoms with van der Waals surface area (Å²) in [5.41, 5.74) is -0.336. The van der Waals surface area contributed by atoms with E-state index in [-0.39, 0.29) is 11.1 Å². The van der Waals surface area contributed by atoms with Crippen LogP contribution in [0.25, 0.3) is 32.3 Å². The lowest BCUT2D eigenvalue weighted by molar-refractivity contribution is 0.0653. The lowest BCUT2D eigenvalue weighted by Gasteiger charge is -2.14. The van der Waals surface area contributed by atoms with Gasteiger partial charge in [-0.15, -0.1) is 0 Å².